The van der Waals surface area contributed by atoms with Crippen LogP contribution in [0.25, 0.3) is 0 Å². The molecular weight excluding hydrogens is 913 g/mol. The molecule has 0 N–H and O–H groups in total. The minimum absolute atomic E-state index is 0.0924. The highest BCUT2D eigenvalue weighted by Gasteiger charge is 2.19. The molecule has 0 saturated heterocycles. The van der Waals surface area contributed by atoms with E-state index in [1.54, 1.807) is 0 Å². The lowest BCUT2D eigenvalue weighted by atomic mass is 10.0. The number of esters is 3. The highest BCUT2D eigenvalue weighted by Crippen LogP contribution is 2.17. The zero-order valence-corrected chi connectivity index (χ0v) is 48.8. The summed E-state index contributed by atoms with van der Waals surface area (Å²) in [7, 11) is 0. The second kappa shape index (κ2) is 62.1. The molecule has 6 heteroatoms. The van der Waals surface area contributed by atoms with Crippen LogP contribution in [0.2, 0.25) is 0 Å². The molecule has 0 spiro atoms. The van der Waals surface area contributed by atoms with E-state index in [1.807, 2.05) is 0 Å². The maximum absolute atomic E-state index is 12.9. The molecule has 0 aromatic heterocycles. The van der Waals surface area contributed by atoms with Crippen LogP contribution in [0.1, 0.15) is 310 Å². The zero-order valence-electron chi connectivity index (χ0n) is 48.8. The molecule has 0 aromatic carbocycles. The van der Waals surface area contributed by atoms with Crippen LogP contribution in [0.4, 0.5) is 0 Å². The highest BCUT2D eigenvalue weighted by atomic mass is 16.6. The molecule has 0 radical (unpaired) electrons. The molecule has 0 heterocycles. The molecule has 0 aliphatic carbocycles. The van der Waals surface area contributed by atoms with E-state index in [1.165, 1.54) is 167 Å². The van der Waals surface area contributed by atoms with Crippen molar-refractivity contribution in [3.8, 4) is 0 Å². The number of hydrogen-bond donors (Lipinski definition) is 0. The first-order valence-corrected chi connectivity index (χ1v) is 31.6. The molecule has 74 heavy (non-hydrogen) atoms. The van der Waals surface area contributed by atoms with Crippen LogP contribution in [0.3, 0.4) is 0 Å². The van der Waals surface area contributed by atoms with E-state index in [4.69, 9.17) is 14.2 Å². The van der Waals surface area contributed by atoms with E-state index in [0.29, 0.717) is 19.3 Å². The minimum Gasteiger partial charge on any atom is -0.462 e. The van der Waals surface area contributed by atoms with Gasteiger partial charge in [-0.1, -0.05) is 279 Å². The monoisotopic (exact) mass is 1030 g/mol. The third-order valence-electron chi connectivity index (χ3n) is 13.6. The Morgan fingerprint density at radius 3 is 0.865 bits per heavy atom. The lowest BCUT2D eigenvalue weighted by molar-refractivity contribution is -0.167. The standard InChI is InChI=1S/C68H118O6/c1-4-7-10-13-16-19-22-25-28-30-32-34-36-37-40-43-46-49-52-55-58-61-67(70)73-64-65(63-72-66(69)60-57-54-51-48-45-42-39-27-24-21-18-15-12-9-6-3)74-68(71)62-59-56-53-50-47-44-41-38-35-33-31-29-26-23-20-17-14-11-8-5-2/h7,10,16,19,25,27-28,32,34,37,39-40,46,49,65H,4-6,8-9,11-15,17-18,20-24,26,29-31,33,35-36,38,41-45,47-48,50-64H2,1-3H3/b10-7-,19-16-,28-25-,34-32-,39-27-,40-37-,49-46-. The van der Waals surface area contributed by atoms with Crippen molar-refractivity contribution in [3.63, 3.8) is 0 Å². The number of unbranched alkanes of at least 4 members (excludes halogenated alkanes) is 32. The number of carbonyl (C=O) groups is 3. The number of carbonyl (C=O) groups excluding carboxylic acids is 3. The van der Waals surface area contributed by atoms with Gasteiger partial charge >= 0.3 is 17.9 Å². The number of rotatable bonds is 57. The van der Waals surface area contributed by atoms with Crippen molar-refractivity contribution in [1.82, 2.24) is 0 Å². The Morgan fingerprint density at radius 1 is 0.284 bits per heavy atom. The predicted molar refractivity (Wildman–Crippen MR) is 321 cm³/mol. The van der Waals surface area contributed by atoms with E-state index in [-0.39, 0.29) is 31.1 Å². The van der Waals surface area contributed by atoms with Crippen molar-refractivity contribution in [1.29, 1.82) is 0 Å². The van der Waals surface area contributed by atoms with E-state index in [9.17, 15) is 14.4 Å². The van der Waals surface area contributed by atoms with Crippen LogP contribution < -0.4 is 0 Å². The van der Waals surface area contributed by atoms with Crippen LogP contribution in [0, 0.1) is 0 Å². The Kier molecular flexibility index (Phi) is 59.3. The molecular formula is C68H118O6. The first-order valence-electron chi connectivity index (χ1n) is 31.6. The fourth-order valence-corrected chi connectivity index (χ4v) is 8.91. The largest absolute Gasteiger partial charge is 0.462 e. The van der Waals surface area contributed by atoms with Gasteiger partial charge in [-0.25, -0.2) is 0 Å². The molecule has 0 rings (SSSR count). The van der Waals surface area contributed by atoms with E-state index in [0.717, 1.165) is 103 Å². The quantitative estimate of drug-likeness (QED) is 0.0261. The predicted octanol–water partition coefficient (Wildman–Crippen LogP) is 21.5. The summed E-state index contributed by atoms with van der Waals surface area (Å²) in [6, 6.07) is 0. The van der Waals surface area contributed by atoms with Crippen LogP contribution in [-0.2, 0) is 28.6 Å². The van der Waals surface area contributed by atoms with Crippen LogP contribution in [-0.4, -0.2) is 37.2 Å². The first-order chi connectivity index (χ1) is 36.5. The van der Waals surface area contributed by atoms with Crippen LogP contribution >= 0.6 is 0 Å². The van der Waals surface area contributed by atoms with Gasteiger partial charge in [-0.2, -0.15) is 0 Å². The van der Waals surface area contributed by atoms with Gasteiger partial charge in [0.15, 0.2) is 6.10 Å². The van der Waals surface area contributed by atoms with E-state index >= 15 is 0 Å². The first kappa shape index (κ1) is 70.6. The molecule has 0 bridgehead atoms. The average molecular weight is 1030 g/mol. The highest BCUT2D eigenvalue weighted by molar-refractivity contribution is 5.71. The van der Waals surface area contributed by atoms with Crippen molar-refractivity contribution in [2.45, 2.75) is 316 Å². The molecule has 1 atom stereocenters. The molecule has 6 nitrogen and oxygen atoms in total. The van der Waals surface area contributed by atoms with Gasteiger partial charge in [0.1, 0.15) is 13.2 Å². The summed E-state index contributed by atoms with van der Waals surface area (Å²) in [6.07, 6.45) is 81.6. The Balaban J connectivity index is 4.43. The summed E-state index contributed by atoms with van der Waals surface area (Å²) in [5, 5.41) is 0. The fraction of sp³-hybridized carbons (Fsp3) is 0.750. The summed E-state index contributed by atoms with van der Waals surface area (Å²) < 4.78 is 16.9. The van der Waals surface area contributed by atoms with Crippen molar-refractivity contribution < 1.29 is 28.6 Å². The number of hydrogen-bond acceptors (Lipinski definition) is 6. The van der Waals surface area contributed by atoms with Gasteiger partial charge in [0.25, 0.3) is 0 Å². The third-order valence-corrected chi connectivity index (χ3v) is 13.6. The van der Waals surface area contributed by atoms with Gasteiger partial charge in [0.05, 0.1) is 0 Å². The summed E-state index contributed by atoms with van der Waals surface area (Å²) in [6.45, 7) is 6.51. The summed E-state index contributed by atoms with van der Waals surface area (Å²) in [5.74, 6) is -0.931. The smallest absolute Gasteiger partial charge is 0.306 e. The van der Waals surface area contributed by atoms with Crippen molar-refractivity contribution in [3.05, 3.63) is 85.1 Å². The second-order valence-electron chi connectivity index (χ2n) is 20.9. The Hall–Kier alpha value is -3.41. The van der Waals surface area contributed by atoms with Gasteiger partial charge in [0, 0.05) is 19.3 Å². The van der Waals surface area contributed by atoms with Crippen LogP contribution in [0.15, 0.2) is 85.1 Å². The summed E-state index contributed by atoms with van der Waals surface area (Å²) >= 11 is 0. The summed E-state index contributed by atoms with van der Waals surface area (Å²) in [5.41, 5.74) is 0. The third kappa shape index (κ3) is 59.5. The van der Waals surface area contributed by atoms with E-state index in [2.05, 4.69) is 106 Å². The van der Waals surface area contributed by atoms with Gasteiger partial charge in [-0.15, -0.1) is 0 Å². The maximum atomic E-state index is 12.9. The molecule has 0 fully saturated rings. The molecule has 0 aromatic rings. The lowest BCUT2D eigenvalue weighted by Gasteiger charge is -2.18. The topological polar surface area (TPSA) is 78.9 Å². The van der Waals surface area contributed by atoms with Gasteiger partial charge in [-0.3, -0.25) is 14.4 Å². The Bertz CT molecular complexity index is 1420. The average Bonchev–Trinajstić information content (AvgIpc) is 3.40. The van der Waals surface area contributed by atoms with Crippen molar-refractivity contribution in [2.75, 3.05) is 13.2 Å². The van der Waals surface area contributed by atoms with Gasteiger partial charge in [0.2, 0.25) is 0 Å². The molecule has 0 amide bonds. The molecule has 1 unspecified atom stereocenters. The second-order valence-corrected chi connectivity index (χ2v) is 20.9. The molecule has 426 valence electrons. The minimum atomic E-state index is -0.798. The van der Waals surface area contributed by atoms with Crippen molar-refractivity contribution >= 4 is 17.9 Å². The molecule has 0 aliphatic rings. The SMILES string of the molecule is CC/C=C\C/C=C\C/C=C\C/C=C\C/C=C\C/C=C\CCCCC(=O)OCC(COC(=O)CCCCCCC/C=C\CCCCCCCC)OC(=O)CCCCCCCCCCCCCCCCCCCCCC. The maximum Gasteiger partial charge on any atom is 0.306 e. The van der Waals surface area contributed by atoms with E-state index < -0.39 is 6.10 Å². The lowest BCUT2D eigenvalue weighted by Crippen LogP contribution is -2.30. The molecule has 0 aliphatic heterocycles. The summed E-state index contributed by atoms with van der Waals surface area (Å²) in [4.78, 5) is 38.3. The normalized spacial score (nSPS) is 12.6. The Morgan fingerprint density at radius 2 is 0.527 bits per heavy atom. The van der Waals surface area contributed by atoms with Gasteiger partial charge < -0.3 is 14.2 Å². The van der Waals surface area contributed by atoms with Gasteiger partial charge in [-0.05, 0) is 96.3 Å². The number of ether oxygens (including phenoxy) is 3. The van der Waals surface area contributed by atoms with Crippen molar-refractivity contribution in [2.24, 2.45) is 0 Å². The number of allylic oxidation sites excluding steroid dienone is 14. The fourth-order valence-electron chi connectivity index (χ4n) is 8.91. The zero-order chi connectivity index (χ0) is 53.6. The molecule has 0 saturated carbocycles. The van der Waals surface area contributed by atoms with Crippen LogP contribution in [0.5, 0.6) is 0 Å². The Labute approximate surface area is 458 Å².